The van der Waals surface area contributed by atoms with Gasteiger partial charge in [-0.05, 0) is 63.0 Å². The first-order valence-electron chi connectivity index (χ1n) is 12.5. The fourth-order valence-electron chi connectivity index (χ4n) is 6.18. The molecular weight excluding hydrogens is 426 g/mol. The van der Waals surface area contributed by atoms with Crippen LogP contribution in [-0.2, 0) is 16.8 Å². The summed E-state index contributed by atoms with van der Waals surface area (Å²) in [6.45, 7) is 3.77. The van der Waals surface area contributed by atoms with Crippen LogP contribution in [0.1, 0.15) is 36.8 Å². The lowest BCUT2D eigenvalue weighted by atomic mass is 9.68. The van der Waals surface area contributed by atoms with Gasteiger partial charge in [-0.3, -0.25) is 4.90 Å². The standard InChI is InChI=1S/C28H37N3O3/c1-29(2)28(24-7-5-4-6-8-24)15-13-27(14-16-28)21-30(17-22-9-11-25(33-3)12-10-22)26(32)31(27)18-23-19-34-20-23/h4-12,23H,13-21H2,1-3H3/t27-,28-. The van der Waals surface area contributed by atoms with Gasteiger partial charge in [0.2, 0.25) is 0 Å². The molecule has 1 aliphatic carbocycles. The highest BCUT2D eigenvalue weighted by Gasteiger charge is 2.54. The normalized spacial score (nSPS) is 27.5. The number of rotatable bonds is 7. The Bertz CT molecular complexity index is 980. The van der Waals surface area contributed by atoms with Crippen LogP contribution in [0.2, 0.25) is 0 Å². The van der Waals surface area contributed by atoms with Crippen LogP contribution >= 0.6 is 0 Å². The molecule has 6 heteroatoms. The second-order valence-electron chi connectivity index (χ2n) is 10.5. The predicted octanol–water partition coefficient (Wildman–Crippen LogP) is 4.35. The van der Waals surface area contributed by atoms with Crippen molar-refractivity contribution in [3.63, 3.8) is 0 Å². The van der Waals surface area contributed by atoms with Gasteiger partial charge in [-0.25, -0.2) is 4.79 Å². The third kappa shape index (κ3) is 4.07. The highest BCUT2D eigenvalue weighted by atomic mass is 16.5. The highest BCUT2D eigenvalue weighted by molar-refractivity contribution is 5.78. The van der Waals surface area contributed by atoms with Crippen molar-refractivity contribution in [3.05, 3.63) is 65.7 Å². The number of carbonyl (C=O) groups is 1. The zero-order chi connectivity index (χ0) is 23.8. The number of nitrogens with zero attached hydrogens (tertiary/aromatic N) is 3. The molecule has 0 N–H and O–H groups in total. The quantitative estimate of drug-likeness (QED) is 0.613. The van der Waals surface area contributed by atoms with E-state index >= 15 is 0 Å². The summed E-state index contributed by atoms with van der Waals surface area (Å²) in [5, 5.41) is 0. The molecule has 2 amide bonds. The van der Waals surface area contributed by atoms with Crippen LogP contribution in [0.25, 0.3) is 0 Å². The number of hydrogen-bond donors (Lipinski definition) is 0. The van der Waals surface area contributed by atoms with Gasteiger partial charge in [-0.15, -0.1) is 0 Å². The Morgan fingerprint density at radius 3 is 2.24 bits per heavy atom. The van der Waals surface area contributed by atoms with Crippen molar-refractivity contribution >= 4 is 6.03 Å². The van der Waals surface area contributed by atoms with E-state index < -0.39 is 0 Å². The van der Waals surface area contributed by atoms with Gasteiger partial charge in [0.25, 0.3) is 0 Å². The Morgan fingerprint density at radius 1 is 1.00 bits per heavy atom. The number of carbonyl (C=O) groups excluding carboxylic acids is 1. The molecule has 182 valence electrons. The van der Waals surface area contributed by atoms with Crippen molar-refractivity contribution < 1.29 is 14.3 Å². The van der Waals surface area contributed by atoms with Crippen molar-refractivity contribution in [2.45, 2.75) is 43.3 Å². The lowest BCUT2D eigenvalue weighted by Crippen LogP contribution is -2.57. The van der Waals surface area contributed by atoms with Crippen molar-refractivity contribution in [2.75, 3.05) is 47.5 Å². The van der Waals surface area contributed by atoms with E-state index in [-0.39, 0.29) is 17.1 Å². The minimum absolute atomic E-state index is 0.0181. The van der Waals surface area contributed by atoms with Crippen LogP contribution in [0.3, 0.4) is 0 Å². The van der Waals surface area contributed by atoms with Gasteiger partial charge in [-0.2, -0.15) is 0 Å². The van der Waals surface area contributed by atoms with Gasteiger partial charge in [-0.1, -0.05) is 42.5 Å². The van der Waals surface area contributed by atoms with Crippen molar-refractivity contribution in [3.8, 4) is 5.75 Å². The van der Waals surface area contributed by atoms with Crippen LogP contribution in [0.5, 0.6) is 5.75 Å². The highest BCUT2D eigenvalue weighted by Crippen LogP contribution is 2.49. The molecule has 0 atom stereocenters. The zero-order valence-electron chi connectivity index (χ0n) is 20.7. The van der Waals surface area contributed by atoms with Crippen molar-refractivity contribution in [1.29, 1.82) is 0 Å². The van der Waals surface area contributed by atoms with E-state index in [1.165, 1.54) is 5.56 Å². The first kappa shape index (κ1) is 23.2. The van der Waals surface area contributed by atoms with E-state index in [9.17, 15) is 4.79 Å². The molecule has 0 aromatic heterocycles. The Morgan fingerprint density at radius 2 is 1.68 bits per heavy atom. The van der Waals surface area contributed by atoms with Crippen molar-refractivity contribution in [2.24, 2.45) is 5.92 Å². The maximum Gasteiger partial charge on any atom is 0.320 e. The van der Waals surface area contributed by atoms with Crippen molar-refractivity contribution in [1.82, 2.24) is 14.7 Å². The molecule has 0 bridgehead atoms. The summed E-state index contributed by atoms with van der Waals surface area (Å²) in [5.41, 5.74) is 2.44. The molecule has 2 aromatic rings. The zero-order valence-corrected chi connectivity index (χ0v) is 20.7. The van der Waals surface area contributed by atoms with E-state index in [1.54, 1.807) is 7.11 Å². The summed E-state index contributed by atoms with van der Waals surface area (Å²) in [6, 6.07) is 19.2. The number of hydrogen-bond acceptors (Lipinski definition) is 4. The third-order valence-corrected chi connectivity index (χ3v) is 8.41. The summed E-state index contributed by atoms with van der Waals surface area (Å²) < 4.78 is 10.8. The minimum Gasteiger partial charge on any atom is -0.497 e. The Labute approximate surface area is 203 Å². The summed E-state index contributed by atoms with van der Waals surface area (Å²) in [4.78, 5) is 20.4. The number of ether oxygens (including phenoxy) is 2. The fourth-order valence-corrected chi connectivity index (χ4v) is 6.18. The Hall–Kier alpha value is -2.57. The molecule has 3 aliphatic rings. The summed E-state index contributed by atoms with van der Waals surface area (Å²) in [6.07, 6.45) is 4.12. The average molecular weight is 464 g/mol. The number of amides is 2. The number of benzene rings is 2. The number of urea groups is 1. The first-order chi connectivity index (χ1) is 16.5. The van der Waals surface area contributed by atoms with E-state index in [0.717, 1.165) is 63.3 Å². The van der Waals surface area contributed by atoms with Crippen LogP contribution in [-0.4, -0.2) is 73.8 Å². The average Bonchev–Trinajstić information content (AvgIpc) is 3.08. The Kier molecular flexibility index (Phi) is 6.30. The largest absolute Gasteiger partial charge is 0.497 e. The Balaban J connectivity index is 1.38. The molecule has 0 unspecified atom stereocenters. The first-order valence-corrected chi connectivity index (χ1v) is 12.5. The number of methoxy groups -OCH3 is 1. The second kappa shape index (κ2) is 9.23. The van der Waals surface area contributed by atoms with Crippen LogP contribution < -0.4 is 4.74 Å². The molecule has 1 saturated carbocycles. The molecule has 5 rings (SSSR count). The lowest BCUT2D eigenvalue weighted by molar-refractivity contribution is -0.0569. The van der Waals surface area contributed by atoms with Gasteiger partial charge in [0.1, 0.15) is 5.75 Å². The molecule has 2 aromatic carbocycles. The fraction of sp³-hybridized carbons (Fsp3) is 0.536. The molecule has 34 heavy (non-hydrogen) atoms. The van der Waals surface area contributed by atoms with Gasteiger partial charge < -0.3 is 19.3 Å². The maximum absolute atomic E-state index is 13.7. The van der Waals surface area contributed by atoms with Gasteiger partial charge in [0.15, 0.2) is 0 Å². The minimum atomic E-state index is -0.104. The van der Waals surface area contributed by atoms with Crippen LogP contribution in [0, 0.1) is 5.92 Å². The summed E-state index contributed by atoms with van der Waals surface area (Å²) >= 11 is 0. The molecule has 2 saturated heterocycles. The lowest BCUT2D eigenvalue weighted by Gasteiger charge is -2.51. The van der Waals surface area contributed by atoms with Crippen LogP contribution in [0.4, 0.5) is 4.79 Å². The third-order valence-electron chi connectivity index (χ3n) is 8.41. The van der Waals surface area contributed by atoms with Gasteiger partial charge >= 0.3 is 6.03 Å². The van der Waals surface area contributed by atoms with E-state index in [0.29, 0.717) is 12.5 Å². The monoisotopic (exact) mass is 463 g/mol. The molecule has 2 aliphatic heterocycles. The van der Waals surface area contributed by atoms with E-state index in [1.807, 2.05) is 12.1 Å². The topological polar surface area (TPSA) is 45.2 Å². The molecular formula is C28H37N3O3. The molecule has 1 spiro atoms. The maximum atomic E-state index is 13.7. The molecule has 2 heterocycles. The second-order valence-corrected chi connectivity index (χ2v) is 10.5. The summed E-state index contributed by atoms with van der Waals surface area (Å²) in [5.74, 6) is 1.30. The molecule has 3 fully saturated rings. The van der Waals surface area contributed by atoms with Gasteiger partial charge in [0.05, 0.1) is 25.9 Å². The molecule has 6 nitrogen and oxygen atoms in total. The summed E-state index contributed by atoms with van der Waals surface area (Å²) in [7, 11) is 6.07. The van der Waals surface area contributed by atoms with Crippen LogP contribution in [0.15, 0.2) is 54.6 Å². The predicted molar refractivity (Wildman–Crippen MR) is 133 cm³/mol. The van der Waals surface area contributed by atoms with Gasteiger partial charge in [0, 0.05) is 31.1 Å². The molecule has 0 radical (unpaired) electrons. The SMILES string of the molecule is COc1ccc(CN2C[C@]3(CC[C@@](c4ccccc4)(N(C)C)CC3)N(CC3COC3)C2=O)cc1. The van der Waals surface area contributed by atoms with E-state index in [2.05, 4.69) is 71.3 Å². The van der Waals surface area contributed by atoms with E-state index in [4.69, 9.17) is 9.47 Å². The smallest absolute Gasteiger partial charge is 0.320 e.